The van der Waals surface area contributed by atoms with Crippen molar-refractivity contribution in [2.45, 2.75) is 45.7 Å². The fourth-order valence-electron chi connectivity index (χ4n) is 3.00. The minimum atomic E-state index is -0.514. The van der Waals surface area contributed by atoms with Gasteiger partial charge in [-0.15, -0.1) is 0 Å². The topological polar surface area (TPSA) is 93.5 Å². The maximum Gasteiger partial charge on any atom is 0.410 e. The molecule has 1 saturated heterocycles. The van der Waals surface area contributed by atoms with E-state index >= 15 is 0 Å². The number of piperidine rings is 1. The molecule has 1 aromatic rings. The number of hydrogen-bond donors (Lipinski definition) is 1. The second kappa shape index (κ2) is 7.94. The third-order valence-electron chi connectivity index (χ3n) is 4.20. The Labute approximate surface area is 140 Å². The van der Waals surface area contributed by atoms with Gasteiger partial charge >= 0.3 is 11.8 Å². The molecule has 1 aliphatic rings. The lowest BCUT2D eigenvalue weighted by atomic mass is 10.0. The van der Waals surface area contributed by atoms with Gasteiger partial charge in [0.1, 0.15) is 6.04 Å². The predicted octanol–water partition coefficient (Wildman–Crippen LogP) is 0.597. The van der Waals surface area contributed by atoms with E-state index in [1.807, 2.05) is 13.0 Å². The summed E-state index contributed by atoms with van der Waals surface area (Å²) in [6, 6.07) is 1.31. The number of aryl methyl sites for hydroxylation is 2. The number of hydrogen-bond acceptors (Lipinski definition) is 5. The quantitative estimate of drug-likeness (QED) is 0.869. The minimum Gasteiger partial charge on any atom is -0.453 e. The van der Waals surface area contributed by atoms with Crippen molar-refractivity contribution in [3.05, 3.63) is 27.9 Å². The van der Waals surface area contributed by atoms with Crippen LogP contribution in [0.2, 0.25) is 0 Å². The smallest absolute Gasteiger partial charge is 0.410 e. The molecule has 0 spiro atoms. The molecule has 1 fully saturated rings. The lowest BCUT2D eigenvalue weighted by Gasteiger charge is -2.33. The monoisotopic (exact) mass is 336 g/mol. The molecule has 8 nitrogen and oxygen atoms in total. The summed E-state index contributed by atoms with van der Waals surface area (Å²) in [5, 5.41) is 2.80. The van der Waals surface area contributed by atoms with Crippen LogP contribution in [0.15, 0.2) is 10.9 Å². The van der Waals surface area contributed by atoms with Crippen molar-refractivity contribution < 1.29 is 14.3 Å². The first-order valence-electron chi connectivity index (χ1n) is 8.11. The Balaban J connectivity index is 1.95. The number of nitrogens with zero attached hydrogens (tertiary/aromatic N) is 3. The van der Waals surface area contributed by atoms with Crippen molar-refractivity contribution in [2.24, 2.45) is 0 Å². The highest BCUT2D eigenvalue weighted by atomic mass is 16.5. The van der Waals surface area contributed by atoms with Crippen molar-refractivity contribution >= 4 is 12.0 Å². The maximum absolute atomic E-state index is 12.4. The number of carbonyl (C=O) groups excluding carboxylic acids is 2. The van der Waals surface area contributed by atoms with Crippen LogP contribution < -0.4 is 11.0 Å². The first kappa shape index (κ1) is 18.0. The summed E-state index contributed by atoms with van der Waals surface area (Å²) in [6.45, 7) is 4.76. The van der Waals surface area contributed by atoms with Crippen LogP contribution in [-0.4, -0.2) is 52.7 Å². The van der Waals surface area contributed by atoms with Crippen molar-refractivity contribution in [1.82, 2.24) is 19.8 Å². The zero-order valence-corrected chi connectivity index (χ0v) is 14.4. The van der Waals surface area contributed by atoms with Crippen molar-refractivity contribution in [3.8, 4) is 0 Å². The van der Waals surface area contributed by atoms with E-state index in [4.69, 9.17) is 4.74 Å². The fraction of sp³-hybridized carbons (Fsp3) is 0.625. The van der Waals surface area contributed by atoms with Crippen LogP contribution in [0.3, 0.4) is 0 Å². The number of methoxy groups -OCH3 is 1. The van der Waals surface area contributed by atoms with Gasteiger partial charge < -0.3 is 10.1 Å². The summed E-state index contributed by atoms with van der Waals surface area (Å²) >= 11 is 0. The van der Waals surface area contributed by atoms with Crippen LogP contribution in [0, 0.1) is 13.8 Å². The Kier molecular flexibility index (Phi) is 5.94. The van der Waals surface area contributed by atoms with E-state index in [0.717, 1.165) is 18.5 Å². The van der Waals surface area contributed by atoms with Crippen LogP contribution in [0.1, 0.15) is 30.7 Å². The van der Waals surface area contributed by atoms with Gasteiger partial charge in [0.05, 0.1) is 7.11 Å². The molecule has 1 N–H and O–H groups in total. The van der Waals surface area contributed by atoms with Crippen LogP contribution in [0.4, 0.5) is 4.79 Å². The molecule has 24 heavy (non-hydrogen) atoms. The van der Waals surface area contributed by atoms with Gasteiger partial charge in [-0.05, 0) is 39.2 Å². The molecule has 0 saturated carbocycles. The van der Waals surface area contributed by atoms with E-state index in [1.54, 1.807) is 6.92 Å². The second-order valence-electron chi connectivity index (χ2n) is 5.94. The Morgan fingerprint density at radius 1 is 1.38 bits per heavy atom. The molecule has 2 rings (SSSR count). The molecule has 1 atom stereocenters. The van der Waals surface area contributed by atoms with Crippen molar-refractivity contribution in [1.29, 1.82) is 0 Å². The van der Waals surface area contributed by atoms with E-state index in [0.29, 0.717) is 31.7 Å². The molecule has 0 radical (unpaired) electrons. The highest BCUT2D eigenvalue weighted by Crippen LogP contribution is 2.17. The van der Waals surface area contributed by atoms with Gasteiger partial charge in [0.15, 0.2) is 0 Å². The van der Waals surface area contributed by atoms with Gasteiger partial charge in [0.2, 0.25) is 5.91 Å². The molecule has 0 bridgehead atoms. The molecule has 2 amide bonds. The van der Waals surface area contributed by atoms with Crippen LogP contribution >= 0.6 is 0 Å². The third-order valence-corrected chi connectivity index (χ3v) is 4.20. The first-order chi connectivity index (χ1) is 11.4. The normalized spacial score (nSPS) is 17.5. The molecule has 1 aliphatic heterocycles. The van der Waals surface area contributed by atoms with E-state index < -0.39 is 12.1 Å². The molecule has 132 valence electrons. The summed E-state index contributed by atoms with van der Waals surface area (Å²) in [5.74, 6) is -0.217. The third kappa shape index (κ3) is 4.12. The first-order valence-corrected chi connectivity index (χ1v) is 8.11. The number of carbonyl (C=O) groups is 2. The number of rotatable bonds is 4. The molecule has 1 aromatic heterocycles. The fourth-order valence-corrected chi connectivity index (χ4v) is 3.00. The molecular weight excluding hydrogens is 312 g/mol. The Hall–Kier alpha value is -2.38. The highest BCUT2D eigenvalue weighted by Gasteiger charge is 2.32. The van der Waals surface area contributed by atoms with Gasteiger partial charge in [-0.3, -0.25) is 14.3 Å². The number of nitrogens with one attached hydrogen (secondary N) is 1. The summed E-state index contributed by atoms with van der Waals surface area (Å²) in [6.07, 6.45) is 1.89. The molecule has 0 aromatic carbocycles. The Bertz CT molecular complexity index is 671. The average molecular weight is 336 g/mol. The van der Waals surface area contributed by atoms with Gasteiger partial charge in [-0.25, -0.2) is 9.59 Å². The zero-order chi connectivity index (χ0) is 17.7. The summed E-state index contributed by atoms with van der Waals surface area (Å²) in [7, 11) is 1.31. The Morgan fingerprint density at radius 2 is 2.12 bits per heavy atom. The number of likely N-dealkylation sites (tertiary alicyclic amines) is 1. The summed E-state index contributed by atoms with van der Waals surface area (Å²) < 4.78 is 6.26. The van der Waals surface area contributed by atoms with Gasteiger partial charge in [-0.2, -0.15) is 4.98 Å². The molecule has 8 heteroatoms. The highest BCUT2D eigenvalue weighted by molar-refractivity contribution is 5.85. The number of ether oxygens (including phenoxy) is 1. The van der Waals surface area contributed by atoms with Crippen molar-refractivity contribution in [3.63, 3.8) is 0 Å². The van der Waals surface area contributed by atoms with Gasteiger partial charge in [0.25, 0.3) is 0 Å². The van der Waals surface area contributed by atoms with Gasteiger partial charge in [-0.1, -0.05) is 0 Å². The average Bonchev–Trinajstić information content (AvgIpc) is 2.56. The van der Waals surface area contributed by atoms with E-state index in [1.165, 1.54) is 16.6 Å². The second-order valence-corrected chi connectivity index (χ2v) is 5.94. The standard InChI is InChI=1S/C16H24N4O4/c1-11-10-12(2)19(15(22)18-11)9-7-17-14(21)13-6-4-5-8-20(13)16(23)24-3/h10,13H,4-9H2,1-3H3,(H,17,21)/t13-/m0/s1. The van der Waals surface area contributed by atoms with Crippen LogP contribution in [0.25, 0.3) is 0 Å². The van der Waals surface area contributed by atoms with Crippen LogP contribution in [-0.2, 0) is 16.1 Å². The maximum atomic E-state index is 12.4. The molecule has 0 unspecified atom stereocenters. The number of aromatic nitrogens is 2. The molecule has 2 heterocycles. The van der Waals surface area contributed by atoms with Gasteiger partial charge in [0, 0.05) is 31.0 Å². The van der Waals surface area contributed by atoms with Crippen LogP contribution in [0.5, 0.6) is 0 Å². The zero-order valence-electron chi connectivity index (χ0n) is 14.4. The van der Waals surface area contributed by atoms with E-state index in [9.17, 15) is 14.4 Å². The van der Waals surface area contributed by atoms with E-state index in [-0.39, 0.29) is 11.6 Å². The van der Waals surface area contributed by atoms with E-state index in [2.05, 4.69) is 10.3 Å². The number of amides is 2. The molecular formula is C16H24N4O4. The summed E-state index contributed by atoms with van der Waals surface area (Å²) in [4.78, 5) is 41.4. The molecule has 0 aliphatic carbocycles. The lowest BCUT2D eigenvalue weighted by molar-refractivity contribution is -0.127. The minimum absolute atomic E-state index is 0.217. The summed E-state index contributed by atoms with van der Waals surface area (Å²) in [5.41, 5.74) is 1.15. The lowest BCUT2D eigenvalue weighted by Crippen LogP contribution is -2.52. The predicted molar refractivity (Wildman–Crippen MR) is 87.7 cm³/mol. The van der Waals surface area contributed by atoms with Crippen molar-refractivity contribution in [2.75, 3.05) is 20.2 Å². The SMILES string of the molecule is COC(=O)N1CCCC[C@H]1C(=O)NCCn1c(C)cc(C)nc1=O. The largest absolute Gasteiger partial charge is 0.453 e. The Morgan fingerprint density at radius 3 is 2.79 bits per heavy atom.